The van der Waals surface area contributed by atoms with Gasteiger partial charge in [-0.1, -0.05) is 26.8 Å². The lowest BCUT2D eigenvalue weighted by Gasteiger charge is -2.47. The van der Waals surface area contributed by atoms with Gasteiger partial charge in [0.25, 0.3) is 11.8 Å². The molecule has 2 fully saturated rings. The van der Waals surface area contributed by atoms with Crippen LogP contribution < -0.4 is 49.9 Å². The number of anilines is 1. The Labute approximate surface area is 551 Å². The third-order valence-electron chi connectivity index (χ3n) is 16.9. The third-order valence-corrected chi connectivity index (χ3v) is 16.9. The topological polar surface area (TPSA) is 602 Å². The number of nitrogens with one attached hydrogen (secondary N) is 5. The first kappa shape index (κ1) is 77.2. The number of aromatic nitrogens is 4. The number of rotatable bonds is 36. The van der Waals surface area contributed by atoms with E-state index in [9.17, 15) is 74.4 Å². The number of carbonyl (C=O) groups is 8. The van der Waals surface area contributed by atoms with Crippen molar-refractivity contribution >= 4 is 64.6 Å². The number of hydrogen-bond donors (Lipinski definition) is 18. The molecular formula is C60H91N15O21. The Balaban J connectivity index is 1.25. The predicted octanol–water partition coefficient (Wildman–Crippen LogP) is -4.80. The monoisotopic (exact) mass is 1360 g/mol. The summed E-state index contributed by atoms with van der Waals surface area (Å²) in [4.78, 5) is 131. The number of aliphatic imine (C=N–C) groups is 2. The number of ketones is 1. The molecule has 0 aliphatic carbocycles. The van der Waals surface area contributed by atoms with E-state index in [-0.39, 0.29) is 48.2 Å². The van der Waals surface area contributed by atoms with Gasteiger partial charge < -0.3 is 119 Å². The Morgan fingerprint density at radius 3 is 2.08 bits per heavy atom. The molecule has 4 aliphatic heterocycles. The lowest BCUT2D eigenvalue weighted by molar-refractivity contribution is -0.372. The summed E-state index contributed by atoms with van der Waals surface area (Å²) in [7, 11) is 0. The molecule has 0 bridgehead atoms. The second-order valence-electron chi connectivity index (χ2n) is 24.6. The number of aliphatic hydroxyl groups excluding tert-OH is 8. The van der Waals surface area contributed by atoms with Crippen molar-refractivity contribution in [3.05, 3.63) is 58.8 Å². The molecule has 2 saturated heterocycles. The molecule has 23 N–H and O–H groups in total. The van der Waals surface area contributed by atoms with E-state index in [2.05, 4.69) is 65.0 Å². The molecule has 0 aromatic carbocycles. The number of primary amides is 3. The maximum absolute atomic E-state index is 15.2. The van der Waals surface area contributed by atoms with Gasteiger partial charge in [-0.2, -0.15) is 0 Å². The van der Waals surface area contributed by atoms with E-state index in [1.54, 1.807) is 6.08 Å². The number of nitrogens with two attached hydrogens (primary N) is 5. The predicted molar refractivity (Wildman–Crippen MR) is 335 cm³/mol. The van der Waals surface area contributed by atoms with Crippen LogP contribution in [0.15, 0.2) is 46.1 Å². The molecule has 7 amide bonds. The summed E-state index contributed by atoms with van der Waals surface area (Å²) >= 11 is 0. The Hall–Kier alpha value is -7.85. The number of ether oxygens (including phenoxy) is 5. The number of allylic oxidation sites excluding steroid dienone is 3. The number of carbonyl (C=O) groups excluding carboxylic acids is 8. The highest BCUT2D eigenvalue weighted by Gasteiger charge is 2.54. The van der Waals surface area contributed by atoms with Crippen LogP contribution in [0.5, 0.6) is 0 Å². The Bertz CT molecular complexity index is 3190. The van der Waals surface area contributed by atoms with Crippen LogP contribution in [-0.2, 0) is 52.5 Å². The second kappa shape index (κ2) is 35.4. The van der Waals surface area contributed by atoms with Gasteiger partial charge >= 0.3 is 6.09 Å². The Kier molecular flexibility index (Phi) is 28.5. The van der Waals surface area contributed by atoms with Crippen LogP contribution in [0.4, 0.5) is 10.6 Å². The molecule has 36 nitrogen and oxygen atoms in total. The van der Waals surface area contributed by atoms with Crippen LogP contribution in [0.2, 0.25) is 0 Å². The van der Waals surface area contributed by atoms with Crippen LogP contribution in [0, 0.1) is 24.7 Å². The van der Waals surface area contributed by atoms with Crippen molar-refractivity contribution in [2.45, 2.75) is 203 Å². The molecule has 10 unspecified atom stereocenters. The molecule has 2 aromatic heterocycles. The van der Waals surface area contributed by atoms with Gasteiger partial charge in [0.05, 0.1) is 66.9 Å². The molecule has 4 aliphatic rings. The number of nitrogens with zero attached hydrogens (tertiary/aromatic N) is 5. The van der Waals surface area contributed by atoms with Gasteiger partial charge in [0.15, 0.2) is 18.7 Å². The minimum Gasteiger partial charge on any atom is -0.441 e. The number of aromatic amines is 1. The number of H-pyrrole nitrogens is 1. The molecule has 96 heavy (non-hydrogen) atoms. The van der Waals surface area contributed by atoms with Crippen molar-refractivity contribution < 1.29 is 103 Å². The van der Waals surface area contributed by atoms with E-state index in [1.807, 2.05) is 6.08 Å². The number of Topliss-reactive ketones (excluding diaryl/α,β-unsaturated/α-hetero) is 1. The minimum atomic E-state index is -2.19. The molecule has 36 heteroatoms. The normalized spacial score (nSPS) is 25.5. The van der Waals surface area contributed by atoms with Crippen LogP contribution in [0.1, 0.15) is 132 Å². The summed E-state index contributed by atoms with van der Waals surface area (Å²) in [6.07, 6.45) is -19.0. The highest BCUT2D eigenvalue weighted by atomic mass is 16.8. The molecule has 532 valence electrons. The van der Waals surface area contributed by atoms with Crippen LogP contribution in [0.25, 0.3) is 0 Å². The first-order chi connectivity index (χ1) is 45.3. The van der Waals surface area contributed by atoms with Gasteiger partial charge in [-0.15, -0.1) is 0 Å². The molecule has 2 aromatic rings. The number of amides is 7. The molecule has 0 radical (unpaired) electrons. The number of hydrogen-bond acceptors (Lipinski definition) is 28. The zero-order valence-corrected chi connectivity index (χ0v) is 54.1. The zero-order chi connectivity index (χ0) is 71.0. The SMILES string of the molecule is Cc1c(N)nc([C@@H](CC[C@H](N)C(N)=O)CC(N)=O)nc1C(=O)N[C@H](C(=O)N[C@H](C)[C@@H](O)[C@H](C)C(=O)C[C@H](C(=O)NCCC1=NC(C2=NC(C(=O)NCCCC(C)C)=CC2)=CC1)[C@@H](C)O)[C@@H](OC1OC(CO)C(O)C(O)C1OC1OC(CO)C(O)C(OC(N)=O)C1O)c1c[nH]cn1. The smallest absolute Gasteiger partial charge is 0.404 e. The van der Waals surface area contributed by atoms with Crippen molar-refractivity contribution in [3.8, 4) is 0 Å². The van der Waals surface area contributed by atoms with E-state index < -0.39 is 189 Å². The third kappa shape index (κ3) is 20.4. The maximum atomic E-state index is 15.2. The van der Waals surface area contributed by atoms with Gasteiger partial charge in [0, 0.05) is 74.5 Å². The summed E-state index contributed by atoms with van der Waals surface area (Å²) in [5.74, 6) is -9.61. The summed E-state index contributed by atoms with van der Waals surface area (Å²) < 4.78 is 28.8. The van der Waals surface area contributed by atoms with Gasteiger partial charge in [-0.25, -0.2) is 24.7 Å². The summed E-state index contributed by atoms with van der Waals surface area (Å²) in [5, 5.41) is 98.8. The fraction of sp³-hybridized carbons (Fsp3) is 0.650. The molecule has 6 heterocycles. The lowest BCUT2D eigenvalue weighted by Crippen LogP contribution is -2.65. The van der Waals surface area contributed by atoms with Crippen molar-refractivity contribution in [3.63, 3.8) is 0 Å². The molecular weight excluding hydrogens is 1270 g/mol. The van der Waals surface area contributed by atoms with Crippen LogP contribution in [0.3, 0.4) is 0 Å². The Morgan fingerprint density at radius 2 is 1.46 bits per heavy atom. The summed E-state index contributed by atoms with van der Waals surface area (Å²) in [6, 6.07) is -4.79. The largest absolute Gasteiger partial charge is 0.441 e. The fourth-order valence-corrected chi connectivity index (χ4v) is 11.1. The van der Waals surface area contributed by atoms with Crippen LogP contribution >= 0.6 is 0 Å². The summed E-state index contributed by atoms with van der Waals surface area (Å²) in [5.41, 5.74) is 29.8. The average Bonchev–Trinajstić information content (AvgIpc) is 0.883. The van der Waals surface area contributed by atoms with Crippen molar-refractivity contribution in [1.29, 1.82) is 0 Å². The minimum absolute atomic E-state index is 0.0646. The van der Waals surface area contributed by atoms with E-state index >= 15 is 4.79 Å². The first-order valence-corrected chi connectivity index (χ1v) is 31.4. The van der Waals surface area contributed by atoms with Gasteiger partial charge in [0.1, 0.15) is 83.7 Å². The summed E-state index contributed by atoms with van der Waals surface area (Å²) in [6.45, 7) is 8.06. The van der Waals surface area contributed by atoms with Gasteiger partial charge in [0.2, 0.25) is 23.6 Å². The quantitative estimate of drug-likeness (QED) is 0.0285. The van der Waals surface area contributed by atoms with E-state index in [0.717, 1.165) is 19.2 Å². The second-order valence-corrected chi connectivity index (χ2v) is 24.6. The van der Waals surface area contributed by atoms with Gasteiger partial charge in [-0.3, -0.25) is 38.6 Å². The number of nitrogen functional groups attached to an aromatic ring is 1. The molecule has 6 rings (SSSR count). The highest BCUT2D eigenvalue weighted by Crippen LogP contribution is 2.35. The maximum Gasteiger partial charge on any atom is 0.404 e. The standard InChI is InChI=1S/C60H91N15O21/c1-24(2)8-7-16-67-55(88)35-14-13-34(72-35)33-12-10-30(71-33)15-17-68-54(87)31(28(6)78)19-37(79)25(3)43(81)27(5)70-57(90)42(74-56(89)41-26(4)51(63)75-53(73-41)29(18-40(62)80)9-11-32(61)52(64)86)48(36-20-66-23-69-36)94-59-50(46(84)44(82)38(21-76)93-59)95-58-47(85)49(96-60(65)91)45(83)39(22-77)92-58/h12,14,20,23-25,27-29,31-32,38-39,42-50,58-59,76-78,81-85H,7-11,13,15-19,21-22,61H2,1-6H3,(H2,62,80)(H2,64,86)(H2,65,91)(H,66,69)(H,67,88)(H,68,87)(H,70,90)(H,74,89)(H2,63,73,75)/t25-,27-,28-,29+,31+,32+,38?,39?,42+,43+,44?,45?,46?,47?,48+,49?,50?,58?,59?/m1/s1. The lowest BCUT2D eigenvalue weighted by atomic mass is 9.87. The number of aliphatic hydroxyl groups is 8. The average molecular weight is 1360 g/mol. The van der Waals surface area contributed by atoms with E-state index in [0.29, 0.717) is 54.5 Å². The zero-order valence-electron chi connectivity index (χ0n) is 54.1. The highest BCUT2D eigenvalue weighted by molar-refractivity contribution is 6.11. The Morgan fingerprint density at radius 1 is 0.771 bits per heavy atom. The van der Waals surface area contributed by atoms with Gasteiger partial charge in [-0.05, 0) is 58.4 Å². The first-order valence-electron chi connectivity index (χ1n) is 31.4. The molecule has 0 saturated carbocycles. The van der Waals surface area contributed by atoms with E-state index in [4.69, 9.17) is 52.4 Å². The van der Waals surface area contributed by atoms with Crippen molar-refractivity contribution in [2.24, 2.45) is 50.7 Å². The van der Waals surface area contributed by atoms with E-state index in [1.165, 1.54) is 33.9 Å². The fourth-order valence-electron chi connectivity index (χ4n) is 11.1. The number of imidazole rings is 1. The van der Waals surface area contributed by atoms with Crippen LogP contribution in [-0.4, -0.2) is 238 Å². The molecule has 0 spiro atoms. The van der Waals surface area contributed by atoms with Crippen molar-refractivity contribution in [2.75, 3.05) is 32.0 Å². The van der Waals surface area contributed by atoms with Crippen molar-refractivity contribution in [1.82, 2.24) is 41.2 Å². The molecule has 19 atom stereocenters.